The van der Waals surface area contributed by atoms with Gasteiger partial charge in [-0.05, 0) is 24.9 Å². The molecule has 2 N–H and O–H groups in total. The first-order valence-corrected chi connectivity index (χ1v) is 8.75. The van der Waals surface area contributed by atoms with E-state index in [0.717, 1.165) is 25.7 Å². The average molecular weight is 356 g/mol. The van der Waals surface area contributed by atoms with Crippen molar-refractivity contribution < 1.29 is 28.3 Å². The maximum absolute atomic E-state index is 12.2. The van der Waals surface area contributed by atoms with E-state index in [1.165, 1.54) is 0 Å². The van der Waals surface area contributed by atoms with Crippen molar-refractivity contribution in [1.29, 1.82) is 0 Å². The van der Waals surface area contributed by atoms with Gasteiger partial charge in [-0.2, -0.15) is 0 Å². The molecule has 0 saturated carbocycles. The van der Waals surface area contributed by atoms with Gasteiger partial charge in [0.15, 0.2) is 0 Å². The summed E-state index contributed by atoms with van der Waals surface area (Å²) in [5, 5.41) is 3.74. The number of nitrogens with two attached hydrogens (primary N) is 1. The molecule has 1 atom stereocenters. The Balaban J connectivity index is 2.81. The summed E-state index contributed by atoms with van der Waals surface area (Å²) in [5.74, 6) is -1.13. The van der Waals surface area contributed by atoms with Gasteiger partial charge in [-0.15, -0.1) is 0 Å². The Morgan fingerprint density at radius 3 is 2.36 bits per heavy atom. The zero-order chi connectivity index (χ0) is 18.7. The van der Waals surface area contributed by atoms with Gasteiger partial charge in [0.05, 0.1) is 25.4 Å². The third kappa shape index (κ3) is 6.74. The fourth-order valence-corrected chi connectivity index (χ4v) is 1.99. The SMILES string of the molecule is CCCCOC(=O)c1onc(OCC)c1CC(N)C(=O)OCCCC. The summed E-state index contributed by atoms with van der Waals surface area (Å²) in [6.07, 6.45) is 3.34. The minimum absolute atomic E-state index is 0.0159. The monoisotopic (exact) mass is 356 g/mol. The molecule has 1 rings (SSSR count). The Hall–Kier alpha value is -2.09. The number of carbonyl (C=O) groups is 2. The number of ether oxygens (including phenoxy) is 3. The van der Waals surface area contributed by atoms with Crippen molar-refractivity contribution in [3.63, 3.8) is 0 Å². The number of rotatable bonds is 12. The average Bonchev–Trinajstić information content (AvgIpc) is 2.98. The lowest BCUT2D eigenvalue weighted by atomic mass is 10.1. The second kappa shape index (κ2) is 11.5. The Morgan fingerprint density at radius 1 is 1.12 bits per heavy atom. The topological polar surface area (TPSA) is 114 Å². The molecule has 142 valence electrons. The molecule has 1 heterocycles. The van der Waals surface area contributed by atoms with Crippen molar-refractivity contribution in [2.75, 3.05) is 19.8 Å². The third-order valence-corrected chi connectivity index (χ3v) is 3.42. The van der Waals surface area contributed by atoms with E-state index in [1.807, 2.05) is 13.8 Å². The van der Waals surface area contributed by atoms with Crippen molar-refractivity contribution >= 4 is 11.9 Å². The van der Waals surface area contributed by atoms with Crippen LogP contribution in [0.3, 0.4) is 0 Å². The molecule has 0 saturated heterocycles. The Morgan fingerprint density at radius 2 is 1.76 bits per heavy atom. The fraction of sp³-hybridized carbons (Fsp3) is 0.706. The van der Waals surface area contributed by atoms with Crippen LogP contribution in [0.1, 0.15) is 62.6 Å². The number of nitrogens with zero attached hydrogens (tertiary/aromatic N) is 1. The summed E-state index contributed by atoms with van der Waals surface area (Å²) >= 11 is 0. The molecule has 1 unspecified atom stereocenters. The second-order valence-corrected chi connectivity index (χ2v) is 5.55. The lowest BCUT2D eigenvalue weighted by molar-refractivity contribution is -0.145. The zero-order valence-electron chi connectivity index (χ0n) is 15.2. The molecular weight excluding hydrogens is 328 g/mol. The van der Waals surface area contributed by atoms with Gasteiger partial charge >= 0.3 is 11.9 Å². The first kappa shape index (κ1) is 21.0. The number of unbranched alkanes of at least 4 members (excludes halogenated alkanes) is 2. The fourth-order valence-electron chi connectivity index (χ4n) is 1.99. The van der Waals surface area contributed by atoms with Crippen LogP contribution in [-0.2, 0) is 20.7 Å². The van der Waals surface area contributed by atoms with Crippen molar-refractivity contribution in [2.45, 2.75) is 58.9 Å². The molecule has 25 heavy (non-hydrogen) atoms. The van der Waals surface area contributed by atoms with E-state index in [4.69, 9.17) is 24.5 Å². The van der Waals surface area contributed by atoms with E-state index in [0.29, 0.717) is 18.8 Å². The highest BCUT2D eigenvalue weighted by Crippen LogP contribution is 2.24. The highest BCUT2D eigenvalue weighted by molar-refractivity contribution is 5.89. The quantitative estimate of drug-likeness (QED) is 0.448. The van der Waals surface area contributed by atoms with Gasteiger partial charge in [-0.3, -0.25) is 4.79 Å². The van der Waals surface area contributed by atoms with Gasteiger partial charge < -0.3 is 24.5 Å². The van der Waals surface area contributed by atoms with Crippen LogP contribution in [0.2, 0.25) is 0 Å². The molecular formula is C17H28N2O6. The van der Waals surface area contributed by atoms with Gasteiger partial charge in [0.1, 0.15) is 6.04 Å². The number of hydrogen-bond donors (Lipinski definition) is 1. The van der Waals surface area contributed by atoms with Crippen LogP contribution in [0.15, 0.2) is 4.52 Å². The van der Waals surface area contributed by atoms with Crippen LogP contribution in [0, 0.1) is 0 Å². The van der Waals surface area contributed by atoms with Gasteiger partial charge in [-0.25, -0.2) is 4.79 Å². The second-order valence-electron chi connectivity index (χ2n) is 5.55. The van der Waals surface area contributed by atoms with Gasteiger partial charge in [0, 0.05) is 6.42 Å². The smallest absolute Gasteiger partial charge is 0.377 e. The molecule has 8 nitrogen and oxygen atoms in total. The Labute approximate surface area is 148 Å². The maximum Gasteiger partial charge on any atom is 0.377 e. The van der Waals surface area contributed by atoms with Crippen molar-refractivity contribution in [2.24, 2.45) is 5.73 Å². The maximum atomic E-state index is 12.2. The summed E-state index contributed by atoms with van der Waals surface area (Å²) in [6.45, 7) is 6.69. The summed E-state index contributed by atoms with van der Waals surface area (Å²) in [6, 6.07) is -0.947. The molecule has 0 fully saturated rings. The summed E-state index contributed by atoms with van der Waals surface area (Å²) in [4.78, 5) is 24.1. The highest BCUT2D eigenvalue weighted by atomic mass is 16.6. The lowest BCUT2D eigenvalue weighted by Gasteiger charge is -2.12. The van der Waals surface area contributed by atoms with Crippen LogP contribution < -0.4 is 10.5 Å². The molecule has 0 radical (unpaired) electrons. The summed E-state index contributed by atoms with van der Waals surface area (Å²) < 4.78 is 20.7. The normalized spacial score (nSPS) is 11.8. The van der Waals surface area contributed by atoms with E-state index in [9.17, 15) is 9.59 Å². The Bertz CT molecular complexity index is 543. The van der Waals surface area contributed by atoms with E-state index in [-0.39, 0.29) is 24.7 Å². The summed E-state index contributed by atoms with van der Waals surface area (Å²) in [7, 11) is 0. The van der Waals surface area contributed by atoms with Crippen molar-refractivity contribution in [3.05, 3.63) is 11.3 Å². The number of aromatic nitrogens is 1. The first-order valence-electron chi connectivity index (χ1n) is 8.75. The molecule has 1 aromatic rings. The van der Waals surface area contributed by atoms with Crippen LogP contribution >= 0.6 is 0 Å². The molecule has 0 aliphatic heterocycles. The highest BCUT2D eigenvalue weighted by Gasteiger charge is 2.28. The van der Waals surface area contributed by atoms with Gasteiger partial charge in [0.2, 0.25) is 0 Å². The van der Waals surface area contributed by atoms with Crippen LogP contribution in [0.5, 0.6) is 5.88 Å². The molecule has 0 aromatic carbocycles. The Kier molecular flexibility index (Phi) is 9.61. The molecule has 8 heteroatoms. The molecule has 0 amide bonds. The minimum atomic E-state index is -0.947. The number of hydrogen-bond acceptors (Lipinski definition) is 8. The predicted octanol–water partition coefficient (Wildman–Crippen LogP) is 2.24. The van der Waals surface area contributed by atoms with E-state index >= 15 is 0 Å². The largest absolute Gasteiger partial charge is 0.476 e. The standard InChI is InChI=1S/C17H28N2O6/c1-4-7-9-23-16(20)13(18)11-12-14(17(21)24-10-8-5-2)25-19-15(12)22-6-3/h13H,4-11,18H2,1-3H3. The van der Waals surface area contributed by atoms with E-state index in [2.05, 4.69) is 5.16 Å². The molecule has 0 aliphatic rings. The van der Waals surface area contributed by atoms with E-state index < -0.39 is 18.0 Å². The van der Waals surface area contributed by atoms with Gasteiger partial charge in [-0.1, -0.05) is 26.7 Å². The lowest BCUT2D eigenvalue weighted by Crippen LogP contribution is -2.35. The molecule has 0 bridgehead atoms. The molecule has 1 aromatic heterocycles. The number of carbonyl (C=O) groups excluding carboxylic acids is 2. The van der Waals surface area contributed by atoms with Crippen LogP contribution in [0.4, 0.5) is 0 Å². The third-order valence-electron chi connectivity index (χ3n) is 3.42. The summed E-state index contributed by atoms with van der Waals surface area (Å²) in [5.41, 5.74) is 6.22. The zero-order valence-corrected chi connectivity index (χ0v) is 15.2. The number of esters is 2. The van der Waals surface area contributed by atoms with Crippen molar-refractivity contribution in [1.82, 2.24) is 5.16 Å². The van der Waals surface area contributed by atoms with Crippen LogP contribution in [-0.4, -0.2) is 43.0 Å². The predicted molar refractivity (Wildman–Crippen MR) is 90.4 cm³/mol. The van der Waals surface area contributed by atoms with Crippen molar-refractivity contribution in [3.8, 4) is 5.88 Å². The minimum Gasteiger partial charge on any atom is -0.476 e. The van der Waals surface area contributed by atoms with Crippen LogP contribution in [0.25, 0.3) is 0 Å². The molecule has 0 aliphatic carbocycles. The first-order chi connectivity index (χ1) is 12.0. The molecule has 0 spiro atoms. The van der Waals surface area contributed by atoms with Gasteiger partial charge in [0.25, 0.3) is 11.6 Å². The van der Waals surface area contributed by atoms with E-state index in [1.54, 1.807) is 6.92 Å².